The van der Waals surface area contributed by atoms with Gasteiger partial charge in [0, 0.05) is 12.8 Å². The second kappa shape index (κ2) is 7.97. The van der Waals surface area contributed by atoms with Crippen LogP contribution in [0.2, 0.25) is 0 Å². The summed E-state index contributed by atoms with van der Waals surface area (Å²) in [4.78, 5) is 12.2. The molecule has 2 rings (SSSR count). The SMILES string of the molecule is CCC(CNC(=O)Nc1ccc(C)c(C)c1)(OC)c1ccccc1. The summed E-state index contributed by atoms with van der Waals surface area (Å²) in [6, 6.07) is 15.6. The lowest BCUT2D eigenvalue weighted by Crippen LogP contribution is -2.43. The number of nitrogens with one attached hydrogen (secondary N) is 2. The molecule has 1 atom stereocenters. The number of urea groups is 1. The highest BCUT2D eigenvalue weighted by molar-refractivity contribution is 5.89. The quantitative estimate of drug-likeness (QED) is 0.828. The van der Waals surface area contributed by atoms with Crippen LogP contribution in [0.4, 0.5) is 10.5 Å². The molecular formula is C20H26N2O2. The van der Waals surface area contributed by atoms with Crippen molar-refractivity contribution in [3.63, 3.8) is 0 Å². The molecule has 0 aliphatic rings. The van der Waals surface area contributed by atoms with Gasteiger partial charge in [-0.25, -0.2) is 4.79 Å². The van der Waals surface area contributed by atoms with Crippen LogP contribution in [0.3, 0.4) is 0 Å². The molecule has 24 heavy (non-hydrogen) atoms. The number of carbonyl (C=O) groups is 1. The second-order valence-corrected chi connectivity index (χ2v) is 6.02. The Labute approximate surface area is 144 Å². The molecule has 2 aromatic rings. The van der Waals surface area contributed by atoms with Crippen LogP contribution in [0.25, 0.3) is 0 Å². The minimum absolute atomic E-state index is 0.232. The minimum Gasteiger partial charge on any atom is -0.372 e. The number of anilines is 1. The van der Waals surface area contributed by atoms with Crippen LogP contribution in [0, 0.1) is 13.8 Å². The third kappa shape index (κ3) is 4.15. The van der Waals surface area contributed by atoms with Crippen molar-refractivity contribution < 1.29 is 9.53 Å². The molecule has 4 nitrogen and oxygen atoms in total. The van der Waals surface area contributed by atoms with Crippen LogP contribution in [-0.2, 0) is 10.3 Å². The molecule has 0 aromatic heterocycles. The van der Waals surface area contributed by atoms with E-state index in [1.54, 1.807) is 7.11 Å². The smallest absolute Gasteiger partial charge is 0.319 e. The minimum atomic E-state index is -0.526. The second-order valence-electron chi connectivity index (χ2n) is 6.02. The molecule has 0 saturated carbocycles. The Morgan fingerprint density at radius 3 is 2.38 bits per heavy atom. The van der Waals surface area contributed by atoms with Crippen LogP contribution >= 0.6 is 0 Å². The van der Waals surface area contributed by atoms with E-state index in [2.05, 4.69) is 17.6 Å². The third-order valence-electron chi connectivity index (χ3n) is 4.56. The van der Waals surface area contributed by atoms with Crippen molar-refractivity contribution in [2.24, 2.45) is 0 Å². The average molecular weight is 326 g/mol. The van der Waals surface area contributed by atoms with Gasteiger partial charge in [0.15, 0.2) is 0 Å². The first-order chi connectivity index (χ1) is 11.5. The van der Waals surface area contributed by atoms with Gasteiger partial charge in [-0.1, -0.05) is 43.3 Å². The number of hydrogen-bond donors (Lipinski definition) is 2. The summed E-state index contributed by atoms with van der Waals surface area (Å²) in [6.07, 6.45) is 0.761. The molecule has 0 fully saturated rings. The lowest BCUT2D eigenvalue weighted by Gasteiger charge is -2.32. The van der Waals surface area contributed by atoms with Crippen molar-refractivity contribution in [3.05, 3.63) is 65.2 Å². The average Bonchev–Trinajstić information content (AvgIpc) is 2.60. The predicted molar refractivity (Wildman–Crippen MR) is 98.4 cm³/mol. The zero-order chi connectivity index (χ0) is 17.6. The summed E-state index contributed by atoms with van der Waals surface area (Å²) in [5.41, 5.74) is 3.67. The summed E-state index contributed by atoms with van der Waals surface area (Å²) < 4.78 is 5.77. The van der Waals surface area contributed by atoms with Crippen molar-refractivity contribution in [3.8, 4) is 0 Å². The number of hydrogen-bond acceptors (Lipinski definition) is 2. The van der Waals surface area contributed by atoms with Crippen molar-refractivity contribution in [2.45, 2.75) is 32.8 Å². The maximum atomic E-state index is 12.2. The Balaban J connectivity index is 2.04. The summed E-state index contributed by atoms with van der Waals surface area (Å²) >= 11 is 0. The first-order valence-electron chi connectivity index (χ1n) is 8.23. The van der Waals surface area contributed by atoms with Crippen LogP contribution < -0.4 is 10.6 Å². The van der Waals surface area contributed by atoms with E-state index in [9.17, 15) is 4.79 Å². The molecule has 1 unspecified atom stereocenters. The molecular weight excluding hydrogens is 300 g/mol. The number of benzene rings is 2. The topological polar surface area (TPSA) is 50.4 Å². The predicted octanol–water partition coefficient (Wildman–Crippen LogP) is 4.38. The third-order valence-corrected chi connectivity index (χ3v) is 4.56. The highest BCUT2D eigenvalue weighted by atomic mass is 16.5. The standard InChI is InChI=1S/C20H26N2O2/c1-5-20(24-4,17-9-7-6-8-10-17)14-21-19(23)22-18-12-11-15(2)16(3)13-18/h6-13H,5,14H2,1-4H3,(H2,21,22,23). The molecule has 0 aliphatic carbocycles. The lowest BCUT2D eigenvalue weighted by molar-refractivity contribution is -0.0149. The zero-order valence-corrected chi connectivity index (χ0v) is 14.8. The molecule has 0 saturated heterocycles. The Morgan fingerprint density at radius 1 is 1.08 bits per heavy atom. The van der Waals surface area contributed by atoms with Gasteiger partial charge in [0.25, 0.3) is 0 Å². The molecule has 4 heteroatoms. The van der Waals surface area contributed by atoms with E-state index in [0.29, 0.717) is 6.54 Å². The lowest BCUT2D eigenvalue weighted by atomic mass is 9.91. The van der Waals surface area contributed by atoms with Gasteiger partial charge in [0.1, 0.15) is 5.60 Å². The van der Waals surface area contributed by atoms with Gasteiger partial charge in [0.2, 0.25) is 0 Å². The van der Waals surface area contributed by atoms with Crippen molar-refractivity contribution in [1.82, 2.24) is 5.32 Å². The van der Waals surface area contributed by atoms with E-state index in [1.807, 2.05) is 62.4 Å². The Kier molecular flexibility index (Phi) is 5.99. The number of carbonyl (C=O) groups excluding carboxylic acids is 1. The zero-order valence-electron chi connectivity index (χ0n) is 14.8. The highest BCUT2D eigenvalue weighted by Gasteiger charge is 2.30. The van der Waals surface area contributed by atoms with Gasteiger partial charge in [-0.05, 0) is 49.1 Å². The van der Waals surface area contributed by atoms with E-state index >= 15 is 0 Å². The van der Waals surface area contributed by atoms with Crippen molar-refractivity contribution >= 4 is 11.7 Å². The van der Waals surface area contributed by atoms with Gasteiger partial charge in [-0.3, -0.25) is 0 Å². The summed E-state index contributed by atoms with van der Waals surface area (Å²) in [6.45, 7) is 6.54. The Morgan fingerprint density at radius 2 is 1.79 bits per heavy atom. The monoisotopic (exact) mass is 326 g/mol. The molecule has 0 heterocycles. The number of methoxy groups -OCH3 is 1. The van der Waals surface area contributed by atoms with Gasteiger partial charge < -0.3 is 15.4 Å². The van der Waals surface area contributed by atoms with Gasteiger partial charge in [-0.15, -0.1) is 0 Å². The molecule has 2 N–H and O–H groups in total. The number of rotatable bonds is 6. The van der Waals surface area contributed by atoms with E-state index in [1.165, 1.54) is 5.56 Å². The maximum absolute atomic E-state index is 12.2. The largest absolute Gasteiger partial charge is 0.372 e. The molecule has 2 aromatic carbocycles. The first-order valence-corrected chi connectivity index (χ1v) is 8.23. The summed E-state index contributed by atoms with van der Waals surface area (Å²) in [5.74, 6) is 0. The molecule has 2 amide bonds. The fourth-order valence-corrected chi connectivity index (χ4v) is 2.72. The van der Waals surface area contributed by atoms with E-state index in [-0.39, 0.29) is 6.03 Å². The van der Waals surface area contributed by atoms with E-state index in [4.69, 9.17) is 4.74 Å². The molecule has 0 spiro atoms. The van der Waals surface area contributed by atoms with E-state index in [0.717, 1.165) is 23.2 Å². The summed E-state index contributed by atoms with van der Waals surface area (Å²) in [5, 5.41) is 5.81. The molecule has 0 aliphatic heterocycles. The first kappa shape index (κ1) is 18.0. The van der Waals surface area contributed by atoms with Crippen LogP contribution in [0.5, 0.6) is 0 Å². The molecule has 0 radical (unpaired) electrons. The van der Waals surface area contributed by atoms with Gasteiger partial charge in [0.05, 0.1) is 6.54 Å². The normalized spacial score (nSPS) is 13.2. The number of aryl methyl sites for hydroxylation is 2. The number of amides is 2. The summed E-state index contributed by atoms with van der Waals surface area (Å²) in [7, 11) is 1.68. The maximum Gasteiger partial charge on any atom is 0.319 e. The van der Waals surface area contributed by atoms with Crippen molar-refractivity contribution in [1.29, 1.82) is 0 Å². The van der Waals surface area contributed by atoms with Crippen molar-refractivity contribution in [2.75, 3.05) is 19.0 Å². The van der Waals surface area contributed by atoms with Gasteiger partial charge in [-0.2, -0.15) is 0 Å². The van der Waals surface area contributed by atoms with Crippen LogP contribution in [0.15, 0.2) is 48.5 Å². The van der Waals surface area contributed by atoms with Crippen LogP contribution in [-0.4, -0.2) is 19.7 Å². The van der Waals surface area contributed by atoms with Gasteiger partial charge >= 0.3 is 6.03 Å². The fraction of sp³-hybridized carbons (Fsp3) is 0.350. The van der Waals surface area contributed by atoms with Crippen LogP contribution in [0.1, 0.15) is 30.0 Å². The Hall–Kier alpha value is -2.33. The Bertz CT molecular complexity index is 679. The highest BCUT2D eigenvalue weighted by Crippen LogP contribution is 2.28. The van der Waals surface area contributed by atoms with E-state index < -0.39 is 5.60 Å². The fourth-order valence-electron chi connectivity index (χ4n) is 2.72. The molecule has 128 valence electrons. The molecule has 0 bridgehead atoms. The number of ether oxygens (including phenoxy) is 1.